The lowest BCUT2D eigenvalue weighted by Gasteiger charge is -2.08. The van der Waals surface area contributed by atoms with Crippen LogP contribution < -0.4 is 5.73 Å². The van der Waals surface area contributed by atoms with Gasteiger partial charge in [-0.3, -0.25) is 0 Å². The van der Waals surface area contributed by atoms with Crippen LogP contribution in [0.5, 0.6) is 0 Å². The molecule has 0 saturated heterocycles. The molecule has 0 unspecified atom stereocenters. The second kappa shape index (κ2) is 4.16. The molecule has 1 rings (SSSR count). The number of alkyl halides is 2. The van der Waals surface area contributed by atoms with E-state index in [2.05, 4.69) is 9.72 Å². The summed E-state index contributed by atoms with van der Waals surface area (Å²) in [5, 5.41) is 0. The third-order valence-corrected chi connectivity index (χ3v) is 1.66. The third-order valence-electron chi connectivity index (χ3n) is 1.66. The first-order valence-electron chi connectivity index (χ1n) is 3.79. The number of nitrogens with zero attached hydrogens (tertiary/aromatic N) is 1. The van der Waals surface area contributed by atoms with Crippen LogP contribution in [0.3, 0.4) is 0 Å². The molecule has 0 radical (unpaired) electrons. The monoisotopic (exact) mass is 220 g/mol. The van der Waals surface area contributed by atoms with Gasteiger partial charge in [0.25, 0.3) is 6.43 Å². The highest BCUT2D eigenvalue weighted by Gasteiger charge is 2.24. The summed E-state index contributed by atoms with van der Waals surface area (Å²) < 4.78 is 41.8. The Hall–Kier alpha value is -1.79. The van der Waals surface area contributed by atoms with Crippen molar-refractivity contribution in [1.29, 1.82) is 0 Å². The van der Waals surface area contributed by atoms with Gasteiger partial charge in [0.05, 0.1) is 12.7 Å². The van der Waals surface area contributed by atoms with Crippen molar-refractivity contribution in [3.63, 3.8) is 0 Å². The van der Waals surface area contributed by atoms with E-state index in [0.717, 1.165) is 7.11 Å². The number of anilines is 1. The number of carbonyl (C=O) groups excluding carboxylic acids is 1. The minimum absolute atomic E-state index is 0.530. The molecule has 82 valence electrons. The molecular formula is C8H7F3N2O2. The zero-order valence-corrected chi connectivity index (χ0v) is 7.63. The Morgan fingerprint density at radius 2 is 2.20 bits per heavy atom. The summed E-state index contributed by atoms with van der Waals surface area (Å²) in [5.74, 6) is -2.27. The molecule has 0 spiro atoms. The summed E-state index contributed by atoms with van der Waals surface area (Å²) in [6, 6.07) is 0.619. The van der Waals surface area contributed by atoms with Gasteiger partial charge in [-0.25, -0.2) is 18.6 Å². The molecule has 0 aliphatic carbocycles. The van der Waals surface area contributed by atoms with Crippen molar-refractivity contribution in [1.82, 2.24) is 4.98 Å². The molecule has 2 N–H and O–H groups in total. The molecule has 0 aliphatic rings. The molecular weight excluding hydrogens is 213 g/mol. The van der Waals surface area contributed by atoms with Crippen LogP contribution >= 0.6 is 0 Å². The smallest absolute Gasteiger partial charge is 0.357 e. The molecule has 0 amide bonds. The summed E-state index contributed by atoms with van der Waals surface area (Å²) in [6.07, 6.45) is -3.02. The maximum atomic E-state index is 12.7. The molecule has 0 aliphatic heterocycles. The van der Waals surface area contributed by atoms with Crippen molar-refractivity contribution in [2.24, 2.45) is 0 Å². The minimum Gasteiger partial charge on any atom is -0.464 e. The van der Waals surface area contributed by atoms with Crippen LogP contribution in [0.15, 0.2) is 6.07 Å². The van der Waals surface area contributed by atoms with Crippen molar-refractivity contribution >= 4 is 11.7 Å². The van der Waals surface area contributed by atoms with Gasteiger partial charge in [-0.2, -0.15) is 4.39 Å². The van der Waals surface area contributed by atoms with E-state index in [1.165, 1.54) is 0 Å². The number of ether oxygens (including phenoxy) is 1. The van der Waals surface area contributed by atoms with E-state index in [9.17, 15) is 18.0 Å². The largest absolute Gasteiger partial charge is 0.464 e. The Morgan fingerprint density at radius 3 is 2.67 bits per heavy atom. The molecule has 0 saturated carbocycles. The highest BCUT2D eigenvalue weighted by molar-refractivity contribution is 5.90. The van der Waals surface area contributed by atoms with E-state index in [1.54, 1.807) is 0 Å². The van der Waals surface area contributed by atoms with Crippen molar-refractivity contribution < 1.29 is 22.7 Å². The van der Waals surface area contributed by atoms with Crippen LogP contribution in [-0.4, -0.2) is 18.1 Å². The van der Waals surface area contributed by atoms with E-state index < -0.39 is 35.3 Å². The van der Waals surface area contributed by atoms with Crippen LogP contribution in [0.4, 0.5) is 18.9 Å². The van der Waals surface area contributed by atoms with Crippen LogP contribution in [0.1, 0.15) is 22.5 Å². The van der Waals surface area contributed by atoms with Gasteiger partial charge in [0, 0.05) is 11.8 Å². The average molecular weight is 220 g/mol. The molecule has 0 atom stereocenters. The molecule has 1 aromatic heterocycles. The van der Waals surface area contributed by atoms with Crippen molar-refractivity contribution in [3.8, 4) is 0 Å². The van der Waals surface area contributed by atoms with E-state index in [4.69, 9.17) is 5.73 Å². The van der Waals surface area contributed by atoms with Crippen LogP contribution in [-0.2, 0) is 4.74 Å². The lowest BCUT2D eigenvalue weighted by atomic mass is 10.1. The number of pyridine rings is 1. The van der Waals surface area contributed by atoms with Gasteiger partial charge in [-0.15, -0.1) is 0 Å². The van der Waals surface area contributed by atoms with Crippen LogP contribution in [0.2, 0.25) is 0 Å². The zero-order chi connectivity index (χ0) is 11.6. The fourth-order valence-electron chi connectivity index (χ4n) is 1.02. The zero-order valence-electron chi connectivity index (χ0n) is 7.63. The molecule has 4 nitrogen and oxygen atoms in total. The second-order valence-corrected chi connectivity index (χ2v) is 2.59. The summed E-state index contributed by atoms with van der Waals surface area (Å²) in [7, 11) is 0.973. The SMILES string of the molecule is COC(=O)c1nc(F)cc(N)c1C(F)F. The molecule has 1 aromatic rings. The second-order valence-electron chi connectivity index (χ2n) is 2.59. The molecule has 0 bridgehead atoms. The summed E-state index contributed by atoms with van der Waals surface area (Å²) >= 11 is 0. The first kappa shape index (κ1) is 11.3. The van der Waals surface area contributed by atoms with Gasteiger partial charge in [-0.1, -0.05) is 0 Å². The number of carbonyl (C=O) groups is 1. The highest BCUT2D eigenvalue weighted by Crippen LogP contribution is 2.28. The predicted molar refractivity (Wildman–Crippen MR) is 44.9 cm³/mol. The van der Waals surface area contributed by atoms with E-state index in [-0.39, 0.29) is 0 Å². The maximum absolute atomic E-state index is 12.7. The molecule has 15 heavy (non-hydrogen) atoms. The number of nitrogens with two attached hydrogens (primary N) is 1. The summed E-state index contributed by atoms with van der Waals surface area (Å²) in [5.41, 5.74) is 3.00. The normalized spacial score (nSPS) is 10.5. The van der Waals surface area contributed by atoms with Gasteiger partial charge in [0.1, 0.15) is 0 Å². The van der Waals surface area contributed by atoms with Crippen molar-refractivity contribution in [2.75, 3.05) is 12.8 Å². The third kappa shape index (κ3) is 2.17. The maximum Gasteiger partial charge on any atom is 0.357 e. The Morgan fingerprint density at radius 1 is 1.60 bits per heavy atom. The molecule has 7 heteroatoms. The lowest BCUT2D eigenvalue weighted by molar-refractivity contribution is 0.0580. The number of methoxy groups -OCH3 is 1. The fraction of sp³-hybridized carbons (Fsp3) is 0.250. The minimum atomic E-state index is -3.02. The summed E-state index contributed by atoms with van der Waals surface area (Å²) in [6.45, 7) is 0. The van der Waals surface area contributed by atoms with Gasteiger partial charge < -0.3 is 10.5 Å². The highest BCUT2D eigenvalue weighted by atomic mass is 19.3. The standard InChI is InChI=1S/C8H7F3N2O2/c1-15-8(14)6-5(7(10)11)3(12)2-4(9)13-6/h2,7H,1H3,(H2,12,13). The summed E-state index contributed by atoms with van der Waals surface area (Å²) in [4.78, 5) is 14.0. The average Bonchev–Trinajstić information content (AvgIpc) is 2.14. The number of esters is 1. The van der Waals surface area contributed by atoms with Crippen LogP contribution in [0.25, 0.3) is 0 Å². The van der Waals surface area contributed by atoms with Crippen LogP contribution in [0, 0.1) is 5.95 Å². The molecule has 0 aromatic carbocycles. The fourth-order valence-corrected chi connectivity index (χ4v) is 1.02. The lowest BCUT2D eigenvalue weighted by Crippen LogP contribution is -2.12. The number of nitrogen functional groups attached to an aromatic ring is 1. The Labute approximate surface area is 82.9 Å². The first-order valence-corrected chi connectivity index (χ1v) is 3.79. The number of aromatic nitrogens is 1. The molecule has 1 heterocycles. The van der Waals surface area contributed by atoms with E-state index >= 15 is 0 Å². The topological polar surface area (TPSA) is 65.2 Å². The van der Waals surface area contributed by atoms with Gasteiger partial charge in [-0.05, 0) is 0 Å². The Balaban J connectivity index is 3.40. The predicted octanol–water partition coefficient (Wildman–Crippen LogP) is 1.53. The molecule has 0 fully saturated rings. The Bertz CT molecular complexity index is 396. The van der Waals surface area contributed by atoms with E-state index in [1.807, 2.05) is 0 Å². The number of halogens is 3. The number of rotatable bonds is 2. The van der Waals surface area contributed by atoms with Gasteiger partial charge in [0.2, 0.25) is 5.95 Å². The van der Waals surface area contributed by atoms with Gasteiger partial charge >= 0.3 is 5.97 Å². The number of hydrogen-bond acceptors (Lipinski definition) is 4. The quantitative estimate of drug-likeness (QED) is 0.606. The van der Waals surface area contributed by atoms with Gasteiger partial charge in [0.15, 0.2) is 5.69 Å². The van der Waals surface area contributed by atoms with E-state index in [0.29, 0.717) is 6.07 Å². The Kier molecular flexibility index (Phi) is 3.13. The first-order chi connectivity index (χ1) is 6.97. The van der Waals surface area contributed by atoms with Crippen molar-refractivity contribution in [2.45, 2.75) is 6.43 Å². The van der Waals surface area contributed by atoms with Crippen molar-refractivity contribution in [3.05, 3.63) is 23.3 Å². The number of hydrogen-bond donors (Lipinski definition) is 1.